The van der Waals surface area contributed by atoms with Crippen molar-refractivity contribution in [3.05, 3.63) is 0 Å². The van der Waals surface area contributed by atoms with Gasteiger partial charge in [0, 0.05) is 18.6 Å². The highest BCUT2D eigenvalue weighted by molar-refractivity contribution is 5.74. The highest BCUT2D eigenvalue weighted by Crippen LogP contribution is 2.33. The Hall–Kier alpha value is -1.30. The van der Waals surface area contributed by atoms with E-state index in [2.05, 4.69) is 5.32 Å². The minimum atomic E-state index is -0.570. The largest absolute Gasteiger partial charge is 0.469 e. The van der Waals surface area contributed by atoms with Crippen molar-refractivity contribution < 1.29 is 24.2 Å². The van der Waals surface area contributed by atoms with Crippen LogP contribution in [0.4, 0.5) is 4.79 Å². The number of hydrogen-bond acceptors (Lipinski definition) is 5. The molecule has 0 aromatic heterocycles. The van der Waals surface area contributed by atoms with Gasteiger partial charge in [-0.25, -0.2) is 4.79 Å². The van der Waals surface area contributed by atoms with Gasteiger partial charge >= 0.3 is 12.1 Å². The van der Waals surface area contributed by atoms with Gasteiger partial charge in [-0.15, -0.1) is 0 Å². The summed E-state index contributed by atoms with van der Waals surface area (Å²) in [5.74, 6) is -1.03. The van der Waals surface area contributed by atoms with Crippen LogP contribution in [0.1, 0.15) is 33.6 Å². The summed E-state index contributed by atoms with van der Waals surface area (Å²) in [5.41, 5.74) is -0.570. The van der Waals surface area contributed by atoms with Crippen LogP contribution in [-0.2, 0) is 14.3 Å². The first-order valence-corrected chi connectivity index (χ1v) is 6.46. The van der Waals surface area contributed by atoms with Crippen LogP contribution in [0.5, 0.6) is 0 Å². The third-order valence-corrected chi connectivity index (χ3v) is 3.24. The van der Waals surface area contributed by atoms with Crippen LogP contribution in [0.15, 0.2) is 0 Å². The zero-order chi connectivity index (χ0) is 14.6. The maximum Gasteiger partial charge on any atom is 0.407 e. The number of carbonyl (C=O) groups excluding carboxylic acids is 2. The van der Waals surface area contributed by atoms with E-state index in [4.69, 9.17) is 9.47 Å². The molecule has 0 aliphatic heterocycles. The van der Waals surface area contributed by atoms with Crippen molar-refractivity contribution in [1.29, 1.82) is 0 Å². The number of esters is 1. The predicted molar refractivity (Wildman–Crippen MR) is 68.5 cm³/mol. The average Bonchev–Trinajstić information content (AvgIpc) is 2.68. The molecule has 0 heterocycles. The number of methoxy groups -OCH3 is 1. The van der Waals surface area contributed by atoms with Crippen molar-refractivity contribution in [2.24, 2.45) is 11.8 Å². The zero-order valence-corrected chi connectivity index (χ0v) is 11.9. The standard InChI is InChI=1S/C13H23NO5/c1-13(2,3)19-12(17)14-10-6-5-8(9(10)7-15)11(16)18-4/h8-10,15H,5-7H2,1-4H3,(H,14,17)/t8-,9+,10+/m0/s1. The van der Waals surface area contributed by atoms with Gasteiger partial charge in [-0.3, -0.25) is 4.79 Å². The van der Waals surface area contributed by atoms with E-state index in [1.54, 1.807) is 20.8 Å². The van der Waals surface area contributed by atoms with E-state index < -0.39 is 11.7 Å². The third kappa shape index (κ3) is 4.38. The van der Waals surface area contributed by atoms with Crippen molar-refractivity contribution >= 4 is 12.1 Å². The van der Waals surface area contributed by atoms with E-state index in [0.717, 1.165) is 0 Å². The highest BCUT2D eigenvalue weighted by Gasteiger charge is 2.41. The molecule has 1 rings (SSSR count). The van der Waals surface area contributed by atoms with Crippen LogP contribution in [0.25, 0.3) is 0 Å². The van der Waals surface area contributed by atoms with E-state index >= 15 is 0 Å². The topological polar surface area (TPSA) is 84.9 Å². The first kappa shape index (κ1) is 15.8. The number of ether oxygens (including phenoxy) is 2. The lowest BCUT2D eigenvalue weighted by atomic mass is 9.94. The fourth-order valence-electron chi connectivity index (χ4n) is 2.40. The Morgan fingerprint density at radius 2 is 1.95 bits per heavy atom. The summed E-state index contributed by atoms with van der Waals surface area (Å²) in [7, 11) is 1.32. The van der Waals surface area contributed by atoms with Gasteiger partial charge in [0.05, 0.1) is 13.0 Å². The second-order valence-corrected chi connectivity index (χ2v) is 5.81. The molecule has 0 bridgehead atoms. The molecule has 1 aliphatic carbocycles. The number of amides is 1. The van der Waals surface area contributed by atoms with E-state index in [1.807, 2.05) is 0 Å². The Morgan fingerprint density at radius 3 is 2.42 bits per heavy atom. The molecule has 19 heavy (non-hydrogen) atoms. The molecule has 1 saturated carbocycles. The van der Waals surface area contributed by atoms with Gasteiger partial charge in [0.15, 0.2) is 0 Å². The Balaban J connectivity index is 2.60. The quantitative estimate of drug-likeness (QED) is 0.751. The molecule has 6 heteroatoms. The Morgan fingerprint density at radius 1 is 1.32 bits per heavy atom. The summed E-state index contributed by atoms with van der Waals surface area (Å²) >= 11 is 0. The molecule has 0 unspecified atom stereocenters. The molecule has 0 aromatic carbocycles. The van der Waals surface area contributed by atoms with Crippen molar-refractivity contribution in [2.45, 2.75) is 45.3 Å². The minimum Gasteiger partial charge on any atom is -0.469 e. The fraction of sp³-hybridized carbons (Fsp3) is 0.846. The molecular formula is C13H23NO5. The van der Waals surface area contributed by atoms with Crippen LogP contribution >= 0.6 is 0 Å². The molecule has 0 spiro atoms. The molecule has 1 amide bonds. The maximum absolute atomic E-state index is 11.7. The average molecular weight is 273 g/mol. The second-order valence-electron chi connectivity index (χ2n) is 5.81. The van der Waals surface area contributed by atoms with Gasteiger partial charge in [0.1, 0.15) is 5.60 Å². The summed E-state index contributed by atoms with van der Waals surface area (Å²) in [6.07, 6.45) is 0.698. The minimum absolute atomic E-state index is 0.166. The number of aliphatic hydroxyl groups excluding tert-OH is 1. The second kappa shape index (κ2) is 6.23. The number of hydrogen-bond donors (Lipinski definition) is 2. The molecule has 0 radical (unpaired) electrons. The molecular weight excluding hydrogens is 250 g/mol. The summed E-state index contributed by atoms with van der Waals surface area (Å²) < 4.78 is 9.87. The summed E-state index contributed by atoms with van der Waals surface area (Å²) in [5, 5.41) is 12.1. The Bertz CT molecular complexity index is 336. The molecule has 0 aromatic rings. The van der Waals surface area contributed by atoms with Gasteiger partial charge in [-0.1, -0.05) is 0 Å². The van der Waals surface area contributed by atoms with Crippen LogP contribution < -0.4 is 5.32 Å². The zero-order valence-electron chi connectivity index (χ0n) is 11.9. The van der Waals surface area contributed by atoms with Crippen molar-refractivity contribution in [2.75, 3.05) is 13.7 Å². The van der Waals surface area contributed by atoms with Crippen LogP contribution in [0.2, 0.25) is 0 Å². The monoisotopic (exact) mass is 273 g/mol. The lowest BCUT2D eigenvalue weighted by Crippen LogP contribution is -2.43. The maximum atomic E-state index is 11.7. The number of carbonyl (C=O) groups is 2. The number of nitrogens with one attached hydrogen (secondary N) is 1. The lowest BCUT2D eigenvalue weighted by Gasteiger charge is -2.25. The van der Waals surface area contributed by atoms with Crippen LogP contribution in [0, 0.1) is 11.8 Å². The molecule has 0 saturated heterocycles. The van der Waals surface area contributed by atoms with Gasteiger partial charge in [-0.05, 0) is 33.6 Å². The first-order valence-electron chi connectivity index (χ1n) is 6.46. The van der Waals surface area contributed by atoms with Crippen LogP contribution in [0.3, 0.4) is 0 Å². The Labute approximate surface area is 113 Å². The number of aliphatic hydroxyl groups is 1. The van der Waals surface area contributed by atoms with Crippen molar-refractivity contribution in [3.8, 4) is 0 Å². The molecule has 1 aliphatic rings. The van der Waals surface area contributed by atoms with E-state index in [9.17, 15) is 14.7 Å². The molecule has 3 atom stereocenters. The fourth-order valence-corrected chi connectivity index (χ4v) is 2.40. The highest BCUT2D eigenvalue weighted by atomic mass is 16.6. The van der Waals surface area contributed by atoms with E-state index in [-0.39, 0.29) is 30.5 Å². The van der Waals surface area contributed by atoms with Gasteiger partial charge in [0.25, 0.3) is 0 Å². The molecule has 110 valence electrons. The smallest absolute Gasteiger partial charge is 0.407 e. The van der Waals surface area contributed by atoms with Crippen molar-refractivity contribution in [3.63, 3.8) is 0 Å². The van der Waals surface area contributed by atoms with E-state index in [1.165, 1.54) is 7.11 Å². The summed E-state index contributed by atoms with van der Waals surface area (Å²) in [6.45, 7) is 5.17. The molecule has 2 N–H and O–H groups in total. The van der Waals surface area contributed by atoms with Gasteiger partial charge in [-0.2, -0.15) is 0 Å². The van der Waals surface area contributed by atoms with Crippen LogP contribution in [-0.4, -0.2) is 42.5 Å². The predicted octanol–water partition coefficient (Wildman–Crippen LogP) is 1.07. The van der Waals surface area contributed by atoms with Gasteiger partial charge < -0.3 is 19.9 Å². The first-order chi connectivity index (χ1) is 8.78. The molecule has 1 fully saturated rings. The summed E-state index contributed by atoms with van der Waals surface area (Å²) in [6, 6.07) is -0.260. The molecule has 6 nitrogen and oxygen atoms in total. The number of rotatable bonds is 3. The SMILES string of the molecule is COC(=O)[C@H]1CC[C@@H](NC(=O)OC(C)(C)C)[C@@H]1CO. The lowest BCUT2D eigenvalue weighted by molar-refractivity contribution is -0.147. The number of alkyl carbamates (subject to hydrolysis) is 1. The Kier molecular flexibility index (Phi) is 5.17. The van der Waals surface area contributed by atoms with Gasteiger partial charge in [0.2, 0.25) is 0 Å². The summed E-state index contributed by atoms with van der Waals surface area (Å²) in [4.78, 5) is 23.3. The normalized spacial score (nSPS) is 26.9. The third-order valence-electron chi connectivity index (χ3n) is 3.24. The van der Waals surface area contributed by atoms with E-state index in [0.29, 0.717) is 12.8 Å². The van der Waals surface area contributed by atoms with Crippen molar-refractivity contribution in [1.82, 2.24) is 5.32 Å².